The van der Waals surface area contributed by atoms with Crippen LogP contribution >= 0.6 is 57.4 Å². The second-order valence-corrected chi connectivity index (χ2v) is 19.8. The van der Waals surface area contributed by atoms with E-state index < -0.39 is 12.1 Å². The van der Waals surface area contributed by atoms with Crippen molar-refractivity contribution >= 4 is 113 Å². The van der Waals surface area contributed by atoms with E-state index in [1.54, 1.807) is 45.3 Å². The lowest BCUT2D eigenvalue weighted by Gasteiger charge is -2.20. The molecule has 0 aliphatic rings. The van der Waals surface area contributed by atoms with E-state index in [-0.39, 0.29) is 0 Å². The van der Waals surface area contributed by atoms with Gasteiger partial charge in [-0.05, 0) is 77.9 Å². The lowest BCUT2D eigenvalue weighted by molar-refractivity contribution is 1.77. The van der Waals surface area contributed by atoms with Crippen molar-refractivity contribution in [3.05, 3.63) is 128 Å². The van der Waals surface area contributed by atoms with Crippen LogP contribution in [0.1, 0.15) is 0 Å². The summed E-state index contributed by atoms with van der Waals surface area (Å²) < 4.78 is 0. The molecule has 0 N–H and O–H groups in total. The number of hydrogen-bond donors (Lipinski definition) is 0. The zero-order valence-corrected chi connectivity index (χ0v) is 25.7. The van der Waals surface area contributed by atoms with Crippen LogP contribution in [0.3, 0.4) is 0 Å². The van der Waals surface area contributed by atoms with Crippen molar-refractivity contribution in [2.24, 2.45) is 0 Å². The molecule has 0 fully saturated rings. The molecular weight excluding hydrogens is 591 g/mol. The molecule has 36 heavy (non-hydrogen) atoms. The first-order chi connectivity index (χ1) is 17.6. The SMILES string of the molecule is S=P(c1ccccc1)(c1ccsc1)c1ccsc1.S=P(c1ccccc1)(c1ccsc1)c1ccsc1. The molecule has 4 aromatic heterocycles. The Morgan fingerprint density at radius 2 is 0.639 bits per heavy atom. The lowest BCUT2D eigenvalue weighted by Crippen LogP contribution is -2.22. The molecule has 0 spiro atoms. The Morgan fingerprint density at radius 1 is 0.361 bits per heavy atom. The Bertz CT molecular complexity index is 1350. The summed E-state index contributed by atoms with van der Waals surface area (Å²) in [7, 11) is 0. The Balaban J connectivity index is 0.000000148. The second kappa shape index (κ2) is 11.9. The molecule has 0 radical (unpaired) electrons. The number of benzene rings is 2. The Morgan fingerprint density at radius 3 is 0.861 bits per heavy atom. The summed E-state index contributed by atoms with van der Waals surface area (Å²) in [4.78, 5) is 0. The molecule has 0 nitrogen and oxygen atoms in total. The minimum Gasteiger partial charge on any atom is -0.152 e. The Kier molecular flexibility index (Phi) is 8.68. The molecule has 0 saturated heterocycles. The average Bonchev–Trinajstić information content (AvgIpc) is 3.77. The zero-order valence-electron chi connectivity index (χ0n) is 19.0. The summed E-state index contributed by atoms with van der Waals surface area (Å²) in [6, 6.07) is 26.1. The van der Waals surface area contributed by atoms with Gasteiger partial charge in [0.05, 0.1) is 0 Å². The molecule has 0 atom stereocenters. The number of hydrogen-bond acceptors (Lipinski definition) is 6. The van der Waals surface area contributed by atoms with Gasteiger partial charge in [-0.2, -0.15) is 45.3 Å². The summed E-state index contributed by atoms with van der Waals surface area (Å²) >= 11 is 19.2. The molecular formula is C28H22P2S6. The third-order valence-corrected chi connectivity index (χ3v) is 19.0. The molecule has 0 saturated carbocycles. The van der Waals surface area contributed by atoms with Crippen molar-refractivity contribution in [3.8, 4) is 0 Å². The van der Waals surface area contributed by atoms with Gasteiger partial charge < -0.3 is 0 Å². The van der Waals surface area contributed by atoms with Crippen LogP contribution in [0.4, 0.5) is 0 Å². The third kappa shape index (κ3) is 5.25. The lowest BCUT2D eigenvalue weighted by atomic mass is 10.4. The first-order valence-corrected chi connectivity index (χ1v) is 20.4. The van der Waals surface area contributed by atoms with Crippen LogP contribution in [0, 0.1) is 0 Å². The fourth-order valence-electron chi connectivity index (χ4n) is 3.92. The maximum absolute atomic E-state index is 6.13. The van der Waals surface area contributed by atoms with Gasteiger partial charge in [0, 0.05) is 33.3 Å². The van der Waals surface area contributed by atoms with Gasteiger partial charge in [-0.25, -0.2) is 0 Å². The summed E-state index contributed by atoms with van der Waals surface area (Å²) in [5, 5.41) is 25.0. The fraction of sp³-hybridized carbons (Fsp3) is 0. The molecule has 0 aliphatic carbocycles. The van der Waals surface area contributed by atoms with Gasteiger partial charge in [0.2, 0.25) is 0 Å². The van der Waals surface area contributed by atoms with Gasteiger partial charge in [-0.1, -0.05) is 84.3 Å². The number of thiophene rings is 4. The average molecular weight is 613 g/mol. The fourth-order valence-corrected chi connectivity index (χ4v) is 16.6. The topological polar surface area (TPSA) is 0 Å². The molecule has 0 bridgehead atoms. The van der Waals surface area contributed by atoms with Gasteiger partial charge in [0.15, 0.2) is 0 Å². The minimum atomic E-state index is -1.83. The minimum absolute atomic E-state index is 1.27. The van der Waals surface area contributed by atoms with Crippen molar-refractivity contribution in [3.63, 3.8) is 0 Å². The Hall–Kier alpha value is -1.46. The van der Waals surface area contributed by atoms with Crippen LogP contribution in [0.2, 0.25) is 0 Å². The van der Waals surface area contributed by atoms with E-state index in [1.807, 2.05) is 12.1 Å². The van der Waals surface area contributed by atoms with E-state index >= 15 is 0 Å². The van der Waals surface area contributed by atoms with E-state index in [0.717, 1.165) is 0 Å². The van der Waals surface area contributed by atoms with Crippen molar-refractivity contribution < 1.29 is 0 Å². The predicted octanol–water partition coefficient (Wildman–Crippen LogP) is 7.13. The van der Waals surface area contributed by atoms with Crippen molar-refractivity contribution in [2.45, 2.75) is 0 Å². The standard InChI is InChI=1S/2C14H11PS3/c2*16-15(13-6-8-17-10-13,14-7-9-18-11-14)12-4-2-1-3-5-12/h2*1-11H. The zero-order chi connectivity index (χ0) is 24.8. The van der Waals surface area contributed by atoms with Crippen LogP contribution in [0.25, 0.3) is 0 Å². The summed E-state index contributed by atoms with van der Waals surface area (Å²) in [6.07, 6.45) is 0. The van der Waals surface area contributed by atoms with Gasteiger partial charge in [-0.3, -0.25) is 0 Å². The normalized spacial score (nSPS) is 11.6. The molecule has 6 rings (SSSR count). The molecule has 4 heterocycles. The van der Waals surface area contributed by atoms with E-state index in [2.05, 4.69) is 116 Å². The van der Waals surface area contributed by atoms with Crippen molar-refractivity contribution in [1.82, 2.24) is 0 Å². The highest BCUT2D eigenvalue weighted by Crippen LogP contribution is 2.44. The van der Waals surface area contributed by atoms with Crippen molar-refractivity contribution in [1.29, 1.82) is 0 Å². The monoisotopic (exact) mass is 612 g/mol. The van der Waals surface area contributed by atoms with Crippen LogP contribution in [0.15, 0.2) is 128 Å². The van der Waals surface area contributed by atoms with Crippen LogP contribution in [-0.2, 0) is 23.6 Å². The highest BCUT2D eigenvalue weighted by molar-refractivity contribution is 8.26. The second-order valence-electron chi connectivity index (χ2n) is 7.82. The van der Waals surface area contributed by atoms with E-state index in [0.29, 0.717) is 0 Å². The molecule has 0 amide bonds. The largest absolute Gasteiger partial charge is 0.152 e. The van der Waals surface area contributed by atoms with Crippen LogP contribution in [0.5, 0.6) is 0 Å². The van der Waals surface area contributed by atoms with Crippen LogP contribution in [-0.4, -0.2) is 0 Å². The maximum Gasteiger partial charge on any atom is 0.0395 e. The molecule has 8 heteroatoms. The molecule has 6 aromatic rings. The van der Waals surface area contributed by atoms with Gasteiger partial charge in [0.1, 0.15) is 0 Å². The van der Waals surface area contributed by atoms with E-state index in [9.17, 15) is 0 Å². The number of rotatable bonds is 6. The first kappa shape index (κ1) is 26.2. The summed E-state index contributed by atoms with van der Waals surface area (Å²) in [5.41, 5.74) is 0. The van der Waals surface area contributed by atoms with E-state index in [4.69, 9.17) is 23.6 Å². The smallest absolute Gasteiger partial charge is 0.0395 e. The highest BCUT2D eigenvalue weighted by atomic mass is 32.4. The molecule has 180 valence electrons. The van der Waals surface area contributed by atoms with Crippen LogP contribution < -0.4 is 31.8 Å². The quantitative estimate of drug-likeness (QED) is 0.184. The predicted molar refractivity (Wildman–Crippen MR) is 177 cm³/mol. The van der Waals surface area contributed by atoms with E-state index in [1.165, 1.54) is 31.8 Å². The Labute approximate surface area is 239 Å². The molecule has 2 aromatic carbocycles. The van der Waals surface area contributed by atoms with Gasteiger partial charge in [0.25, 0.3) is 0 Å². The summed E-state index contributed by atoms with van der Waals surface area (Å²) in [5.74, 6) is 0. The van der Waals surface area contributed by atoms with Gasteiger partial charge >= 0.3 is 0 Å². The van der Waals surface area contributed by atoms with Crippen molar-refractivity contribution in [2.75, 3.05) is 0 Å². The molecule has 0 aliphatic heterocycles. The third-order valence-electron chi connectivity index (χ3n) is 5.72. The summed E-state index contributed by atoms with van der Waals surface area (Å²) in [6.45, 7) is 0. The van der Waals surface area contributed by atoms with Gasteiger partial charge in [-0.15, -0.1) is 0 Å². The highest BCUT2D eigenvalue weighted by Gasteiger charge is 2.26. The molecule has 0 unspecified atom stereocenters. The maximum atomic E-state index is 6.13. The first-order valence-electron chi connectivity index (χ1n) is 11.1.